The van der Waals surface area contributed by atoms with Crippen molar-refractivity contribution >= 4 is 44.8 Å². The Bertz CT molecular complexity index is 92.8. The van der Waals surface area contributed by atoms with E-state index in [-0.39, 0.29) is 10.8 Å². The molecule has 0 amide bonds. The van der Waals surface area contributed by atoms with Gasteiger partial charge in [-0.25, -0.2) is 0 Å². The molecule has 0 fully saturated rings. The van der Waals surface area contributed by atoms with Crippen molar-refractivity contribution in [2.45, 2.75) is 9.43 Å². The Morgan fingerprint density at radius 2 is 1.30 bits per heavy atom. The molecule has 0 saturated heterocycles. The lowest BCUT2D eigenvalue weighted by atomic mass is 11.6. The predicted molar refractivity (Wildman–Crippen MR) is 36.8 cm³/mol. The molecule has 0 aromatic carbocycles. The van der Waals surface area contributed by atoms with Crippen LogP contribution in [0.4, 0.5) is 17.6 Å². The van der Waals surface area contributed by atoms with Gasteiger partial charge in [0.05, 0.1) is 0 Å². The molecule has 0 atom stereocenters. The van der Waals surface area contributed by atoms with E-state index < -0.39 is 20.2 Å². The van der Waals surface area contributed by atoms with Gasteiger partial charge in [-0.1, -0.05) is 23.2 Å². The van der Waals surface area contributed by atoms with Crippen LogP contribution in [0.15, 0.2) is 0 Å². The monoisotopic (exact) mass is 234 g/mol. The Morgan fingerprint density at radius 3 is 1.40 bits per heavy atom. The minimum Gasteiger partial charge on any atom is -0.194 e. The molecule has 0 N–H and O–H groups in total. The smallest absolute Gasteiger partial charge is 0.194 e. The van der Waals surface area contributed by atoms with Crippen LogP contribution in [-0.4, -0.2) is 9.43 Å². The summed E-state index contributed by atoms with van der Waals surface area (Å²) in [5, 5.41) is 0. The van der Waals surface area contributed by atoms with Crippen molar-refractivity contribution in [3.05, 3.63) is 0 Å². The van der Waals surface area contributed by atoms with E-state index in [0.717, 1.165) is 0 Å². The van der Waals surface area contributed by atoms with Crippen LogP contribution in [-0.2, 0) is 0 Å². The Morgan fingerprint density at radius 1 is 0.900 bits per heavy atom. The normalized spacial score (nSPS) is 13.8. The van der Waals surface area contributed by atoms with Crippen molar-refractivity contribution in [1.82, 2.24) is 0 Å². The number of rotatable bonds is 2. The van der Waals surface area contributed by atoms with E-state index in [1.54, 1.807) is 0 Å². The number of hydrogen-bond acceptors (Lipinski definition) is 2. The van der Waals surface area contributed by atoms with Crippen molar-refractivity contribution in [3.8, 4) is 0 Å². The van der Waals surface area contributed by atoms with Crippen molar-refractivity contribution in [3.63, 3.8) is 0 Å². The molecule has 0 radical (unpaired) electrons. The fourth-order valence-electron chi connectivity index (χ4n) is 0.0945. The summed E-state index contributed by atoms with van der Waals surface area (Å²) in [4.78, 5) is 0. The van der Waals surface area contributed by atoms with Gasteiger partial charge in [0.25, 0.3) is 0 Å². The summed E-state index contributed by atoms with van der Waals surface area (Å²) in [7, 11) is -0.985. The van der Waals surface area contributed by atoms with Crippen LogP contribution in [0, 0.1) is 0 Å². The van der Waals surface area contributed by atoms with Gasteiger partial charge in [-0.3, -0.25) is 0 Å². The first kappa shape index (κ1) is 11.0. The van der Waals surface area contributed by atoms with Gasteiger partial charge in [-0.2, -0.15) is 17.6 Å². The molecular weight excluding hydrogens is 235 g/mol. The molecule has 0 saturated carbocycles. The molecule has 0 aromatic rings. The van der Waals surface area contributed by atoms with Gasteiger partial charge in [0.15, 0.2) is 0 Å². The lowest BCUT2D eigenvalue weighted by molar-refractivity contribution is -0.0311. The average molecular weight is 235 g/mol. The maximum atomic E-state index is 11.9. The Hall–Kier alpha value is 1.00. The molecule has 0 aliphatic carbocycles. The number of halogens is 6. The summed E-state index contributed by atoms with van der Waals surface area (Å²) in [6, 6.07) is 0. The lowest BCUT2D eigenvalue weighted by Crippen LogP contribution is -2.01. The maximum Gasteiger partial charge on any atom is 0.452 e. The second kappa shape index (κ2) is 3.60. The van der Waals surface area contributed by atoms with Crippen LogP contribution >= 0.6 is 44.8 Å². The summed E-state index contributed by atoms with van der Waals surface area (Å²) < 4.78 is 42.7. The third kappa shape index (κ3) is 9.00. The highest BCUT2D eigenvalue weighted by molar-refractivity contribution is 8.78. The first-order valence-electron chi connectivity index (χ1n) is 1.71. The molecule has 0 aliphatic heterocycles. The van der Waals surface area contributed by atoms with E-state index in [4.69, 9.17) is 0 Å². The first-order chi connectivity index (χ1) is 4.21. The largest absolute Gasteiger partial charge is 0.452 e. The van der Waals surface area contributed by atoms with Crippen molar-refractivity contribution in [1.29, 1.82) is 0 Å². The Balaban J connectivity index is 3.56. The molecule has 62 valence electrons. The van der Waals surface area contributed by atoms with Crippen molar-refractivity contribution in [2.75, 3.05) is 0 Å². The highest BCUT2D eigenvalue weighted by Gasteiger charge is 2.35. The summed E-state index contributed by atoms with van der Waals surface area (Å²) >= 11 is 9.16. The predicted octanol–water partition coefficient (Wildman–Crippen LogP) is 3.95. The SMILES string of the molecule is FC(F)(F)SSC(F)(Cl)Cl. The molecule has 0 unspecified atom stereocenters. The summed E-state index contributed by atoms with van der Waals surface area (Å²) in [6.45, 7) is 0. The van der Waals surface area contributed by atoms with Gasteiger partial charge < -0.3 is 0 Å². The summed E-state index contributed by atoms with van der Waals surface area (Å²) in [5.41, 5.74) is -4.52. The minimum absolute atomic E-state index is 0.304. The molecule has 0 aliphatic rings. The topological polar surface area (TPSA) is 0 Å². The number of alkyl halides is 6. The summed E-state index contributed by atoms with van der Waals surface area (Å²) in [5.74, 6) is 0. The summed E-state index contributed by atoms with van der Waals surface area (Å²) in [6.07, 6.45) is 0. The maximum absolute atomic E-state index is 11.9. The zero-order chi connectivity index (χ0) is 8.41. The highest BCUT2D eigenvalue weighted by atomic mass is 35.5. The van der Waals surface area contributed by atoms with E-state index in [1.807, 2.05) is 0 Å². The minimum atomic E-state index is -4.52. The zero-order valence-corrected chi connectivity index (χ0v) is 7.23. The average Bonchev–Trinajstić information content (AvgIpc) is 1.57. The fourth-order valence-corrected chi connectivity index (χ4v) is 1.42. The molecule has 0 rings (SSSR count). The van der Waals surface area contributed by atoms with Crippen LogP contribution in [0.3, 0.4) is 0 Å². The molecule has 0 heterocycles. The van der Waals surface area contributed by atoms with E-state index in [1.165, 1.54) is 0 Å². The van der Waals surface area contributed by atoms with Crippen LogP contribution in [0.2, 0.25) is 0 Å². The standard InChI is InChI=1S/C2Cl2F4S2/c3-1(4,5)9-10-2(6,7)8. The second-order valence-corrected chi connectivity index (χ2v) is 5.10. The molecule has 0 nitrogen and oxygen atoms in total. The van der Waals surface area contributed by atoms with Crippen LogP contribution in [0.25, 0.3) is 0 Å². The quantitative estimate of drug-likeness (QED) is 0.403. The van der Waals surface area contributed by atoms with Gasteiger partial charge in [0.2, 0.25) is 0 Å². The van der Waals surface area contributed by atoms with Gasteiger partial charge in [0.1, 0.15) is 0 Å². The van der Waals surface area contributed by atoms with Crippen LogP contribution in [0.1, 0.15) is 0 Å². The molecule has 0 spiro atoms. The van der Waals surface area contributed by atoms with Crippen LogP contribution < -0.4 is 0 Å². The van der Waals surface area contributed by atoms with Crippen molar-refractivity contribution in [2.24, 2.45) is 0 Å². The fraction of sp³-hybridized carbons (Fsp3) is 1.00. The van der Waals surface area contributed by atoms with Gasteiger partial charge in [-0.15, -0.1) is 0 Å². The Labute approximate surface area is 72.0 Å². The van der Waals surface area contributed by atoms with E-state index in [0.29, 0.717) is 0 Å². The Kier molecular flexibility index (Phi) is 3.96. The molecule has 0 bridgehead atoms. The second-order valence-electron chi connectivity index (χ2n) is 1.06. The molecule has 10 heavy (non-hydrogen) atoms. The van der Waals surface area contributed by atoms with E-state index in [2.05, 4.69) is 23.2 Å². The third-order valence-electron chi connectivity index (χ3n) is 0.231. The van der Waals surface area contributed by atoms with E-state index in [9.17, 15) is 17.6 Å². The van der Waals surface area contributed by atoms with Gasteiger partial charge in [-0.05, 0) is 10.8 Å². The first-order valence-corrected chi connectivity index (χ1v) is 4.61. The highest BCUT2D eigenvalue weighted by Crippen LogP contribution is 2.50. The molecular formula is C2Cl2F4S2. The molecule has 0 aromatic heterocycles. The lowest BCUT2D eigenvalue weighted by Gasteiger charge is -2.08. The molecule has 8 heteroatoms. The number of hydrogen-bond donors (Lipinski definition) is 0. The van der Waals surface area contributed by atoms with Crippen LogP contribution in [0.5, 0.6) is 0 Å². The van der Waals surface area contributed by atoms with Gasteiger partial charge >= 0.3 is 9.43 Å². The van der Waals surface area contributed by atoms with Crippen molar-refractivity contribution < 1.29 is 17.6 Å². The van der Waals surface area contributed by atoms with Gasteiger partial charge in [0, 0.05) is 10.8 Å². The zero-order valence-electron chi connectivity index (χ0n) is 4.08. The van der Waals surface area contributed by atoms with E-state index >= 15 is 0 Å². The third-order valence-corrected chi connectivity index (χ3v) is 3.21.